The number of nitrogens with one attached hydrogen (secondary N) is 1. The molecule has 8 nitrogen and oxygen atoms in total. The van der Waals surface area contributed by atoms with E-state index in [-0.39, 0.29) is 0 Å². The number of amides is 1. The highest BCUT2D eigenvalue weighted by molar-refractivity contribution is 7.99. The van der Waals surface area contributed by atoms with Gasteiger partial charge >= 0.3 is 10.2 Å². The highest BCUT2D eigenvalue weighted by Crippen LogP contribution is 2.27. The molecular formula is C38H44ClN5O3S2. The largest absolute Gasteiger partial charge is 0.369 e. The molecule has 2 heterocycles. The summed E-state index contributed by atoms with van der Waals surface area (Å²) in [5.74, 6) is 0.373. The van der Waals surface area contributed by atoms with Crippen molar-refractivity contribution in [1.82, 2.24) is 18.8 Å². The van der Waals surface area contributed by atoms with Gasteiger partial charge < -0.3 is 9.80 Å². The molecule has 0 radical (unpaired) electrons. The molecule has 4 aromatic carbocycles. The highest BCUT2D eigenvalue weighted by Gasteiger charge is 2.31. The van der Waals surface area contributed by atoms with Gasteiger partial charge in [0.25, 0.3) is 5.91 Å². The minimum atomic E-state index is -3.93. The first kappa shape index (κ1) is 35.4. The van der Waals surface area contributed by atoms with Crippen molar-refractivity contribution < 1.29 is 13.2 Å². The molecular weight excluding hydrogens is 674 g/mol. The van der Waals surface area contributed by atoms with Crippen LogP contribution in [0.1, 0.15) is 28.8 Å². The van der Waals surface area contributed by atoms with Crippen molar-refractivity contribution in [2.75, 3.05) is 63.5 Å². The lowest BCUT2D eigenvalue weighted by atomic mass is 9.99. The third-order valence-corrected chi connectivity index (χ3v) is 12.2. The second kappa shape index (κ2) is 16.6. The number of rotatable bonds is 12. The molecule has 0 aromatic heterocycles. The maximum Gasteiger partial charge on any atom is 0.304 e. The third-order valence-electron chi connectivity index (χ3n) is 9.50. The monoisotopic (exact) mass is 717 g/mol. The zero-order valence-electron chi connectivity index (χ0n) is 27.9. The maximum atomic E-state index is 13.1. The normalized spacial score (nSPS) is 16.6. The van der Waals surface area contributed by atoms with Gasteiger partial charge in [-0.1, -0.05) is 66.2 Å². The van der Waals surface area contributed by atoms with Crippen LogP contribution in [-0.2, 0) is 16.8 Å². The topological polar surface area (TPSA) is 76.2 Å². The lowest BCUT2D eigenvalue weighted by Gasteiger charge is -2.36. The summed E-state index contributed by atoms with van der Waals surface area (Å²) in [6.07, 6.45) is 1.47. The number of carbonyl (C=O) groups excluding carboxylic acids is 1. The smallest absolute Gasteiger partial charge is 0.304 e. The average molecular weight is 718 g/mol. The van der Waals surface area contributed by atoms with Gasteiger partial charge in [-0.05, 0) is 85.1 Å². The van der Waals surface area contributed by atoms with Crippen molar-refractivity contribution >= 4 is 45.2 Å². The first-order chi connectivity index (χ1) is 23.7. The van der Waals surface area contributed by atoms with Crippen LogP contribution < -0.4 is 9.62 Å². The number of nitrogens with zero attached hydrogens (tertiary/aromatic N) is 4. The Hall–Kier alpha value is -3.38. The van der Waals surface area contributed by atoms with Crippen LogP contribution in [0.4, 0.5) is 5.69 Å². The van der Waals surface area contributed by atoms with Crippen LogP contribution >= 0.6 is 23.4 Å². The van der Waals surface area contributed by atoms with E-state index in [4.69, 9.17) is 11.6 Å². The lowest BCUT2D eigenvalue weighted by molar-refractivity contribution is 0.0977. The van der Waals surface area contributed by atoms with E-state index in [0.717, 1.165) is 74.1 Å². The molecule has 0 spiro atoms. The molecule has 0 aliphatic carbocycles. The predicted octanol–water partition coefficient (Wildman–Crippen LogP) is 6.49. The van der Waals surface area contributed by atoms with Gasteiger partial charge in [-0.25, -0.2) is 4.72 Å². The SMILES string of the molecule is CN(CCSc1ccccc1)C1CCN(S(=O)(=O)NC(=O)c2ccc(N3CCN(Cc4ccccc4-c4ccc(Cl)cc4)CC3)cc2)CC1. The Morgan fingerprint density at radius 2 is 1.49 bits per heavy atom. The van der Waals surface area contributed by atoms with Crippen LogP contribution in [-0.4, -0.2) is 93.1 Å². The lowest BCUT2D eigenvalue weighted by Crippen LogP contribution is -2.50. The Morgan fingerprint density at radius 1 is 0.837 bits per heavy atom. The summed E-state index contributed by atoms with van der Waals surface area (Å²) in [4.78, 5) is 21.4. The van der Waals surface area contributed by atoms with E-state index in [2.05, 4.69) is 75.0 Å². The fourth-order valence-corrected chi connectivity index (χ4v) is 8.83. The number of piperazine rings is 1. The number of halogens is 1. The number of carbonyl (C=O) groups is 1. The van der Waals surface area contributed by atoms with E-state index >= 15 is 0 Å². The third kappa shape index (κ3) is 9.45. The molecule has 1 N–H and O–H groups in total. The average Bonchev–Trinajstić information content (AvgIpc) is 3.13. The van der Waals surface area contributed by atoms with Crippen LogP contribution in [0.5, 0.6) is 0 Å². The summed E-state index contributed by atoms with van der Waals surface area (Å²) in [5.41, 5.74) is 5.02. The minimum absolute atomic E-state index is 0.318. The number of hydrogen-bond donors (Lipinski definition) is 1. The van der Waals surface area contributed by atoms with Gasteiger partial charge in [-0.15, -0.1) is 11.8 Å². The molecule has 1 amide bonds. The van der Waals surface area contributed by atoms with Crippen molar-refractivity contribution in [3.8, 4) is 11.1 Å². The predicted molar refractivity (Wildman–Crippen MR) is 202 cm³/mol. The standard InChI is InChI=1S/C38H44ClN5O3S2/c1-41(27-28-48-36-8-3-2-4-9-36)34-19-21-44(22-20-34)49(46,47)40-38(45)31-13-17-35(18-14-31)43-25-23-42(24-26-43)29-32-7-5-6-10-37(32)30-11-15-33(39)16-12-30/h2-18,34H,19-29H2,1H3,(H,40,45). The fraction of sp³-hybridized carbons (Fsp3) is 0.342. The van der Waals surface area contributed by atoms with Crippen molar-refractivity contribution in [3.63, 3.8) is 0 Å². The summed E-state index contributed by atoms with van der Waals surface area (Å²) < 4.78 is 29.9. The molecule has 6 rings (SSSR count). The summed E-state index contributed by atoms with van der Waals surface area (Å²) in [7, 11) is -1.82. The van der Waals surface area contributed by atoms with Gasteiger partial charge in [-0.3, -0.25) is 9.69 Å². The van der Waals surface area contributed by atoms with Gasteiger partial charge in [0.15, 0.2) is 0 Å². The van der Waals surface area contributed by atoms with Gasteiger partial charge in [0.05, 0.1) is 0 Å². The van der Waals surface area contributed by atoms with E-state index in [1.807, 2.05) is 54.2 Å². The first-order valence-electron chi connectivity index (χ1n) is 16.9. The van der Waals surface area contributed by atoms with Crippen LogP contribution in [0.3, 0.4) is 0 Å². The highest BCUT2D eigenvalue weighted by atomic mass is 35.5. The van der Waals surface area contributed by atoms with E-state index < -0.39 is 16.1 Å². The molecule has 0 atom stereocenters. The van der Waals surface area contributed by atoms with Crippen molar-refractivity contribution in [3.05, 3.63) is 119 Å². The second-order valence-corrected chi connectivity index (χ2v) is 16.0. The van der Waals surface area contributed by atoms with E-state index in [0.29, 0.717) is 24.7 Å². The summed E-state index contributed by atoms with van der Waals surface area (Å²) in [6, 6.07) is 34.4. The number of piperidine rings is 1. The van der Waals surface area contributed by atoms with Gasteiger partial charge in [0.1, 0.15) is 0 Å². The zero-order chi connectivity index (χ0) is 34.2. The van der Waals surface area contributed by atoms with Crippen LogP contribution in [0.15, 0.2) is 108 Å². The Kier molecular flexibility index (Phi) is 12.0. The minimum Gasteiger partial charge on any atom is -0.369 e. The molecule has 0 bridgehead atoms. The summed E-state index contributed by atoms with van der Waals surface area (Å²) >= 11 is 7.94. The van der Waals surface area contributed by atoms with Gasteiger partial charge in [0, 0.05) is 85.3 Å². The van der Waals surface area contributed by atoms with Gasteiger partial charge in [-0.2, -0.15) is 12.7 Å². The van der Waals surface area contributed by atoms with Crippen LogP contribution in [0.25, 0.3) is 11.1 Å². The van der Waals surface area contributed by atoms with E-state index in [9.17, 15) is 13.2 Å². The molecule has 4 aromatic rings. The molecule has 2 fully saturated rings. The Balaban J connectivity index is 0.949. The van der Waals surface area contributed by atoms with Crippen molar-refractivity contribution in [2.45, 2.75) is 30.3 Å². The quantitative estimate of drug-likeness (QED) is 0.168. The fourth-order valence-electron chi connectivity index (χ4n) is 6.57. The van der Waals surface area contributed by atoms with E-state index in [1.165, 1.54) is 20.3 Å². The summed E-state index contributed by atoms with van der Waals surface area (Å²) in [6.45, 7) is 6.12. The maximum absolute atomic E-state index is 13.1. The molecule has 2 aliphatic heterocycles. The van der Waals surface area contributed by atoms with Crippen molar-refractivity contribution in [2.24, 2.45) is 0 Å². The molecule has 258 valence electrons. The Labute approximate surface area is 300 Å². The van der Waals surface area contributed by atoms with Gasteiger partial charge in [0.2, 0.25) is 0 Å². The molecule has 49 heavy (non-hydrogen) atoms. The number of hydrogen-bond acceptors (Lipinski definition) is 7. The van der Waals surface area contributed by atoms with E-state index in [1.54, 1.807) is 12.1 Å². The first-order valence-corrected chi connectivity index (χ1v) is 19.7. The molecule has 2 saturated heterocycles. The molecule has 2 aliphatic rings. The van der Waals surface area contributed by atoms with Crippen LogP contribution in [0.2, 0.25) is 5.02 Å². The molecule has 0 unspecified atom stereocenters. The van der Waals surface area contributed by atoms with Crippen molar-refractivity contribution in [1.29, 1.82) is 0 Å². The number of benzene rings is 4. The zero-order valence-corrected chi connectivity index (χ0v) is 30.3. The summed E-state index contributed by atoms with van der Waals surface area (Å²) in [5, 5.41) is 0.732. The second-order valence-electron chi connectivity index (χ2n) is 12.7. The molecule has 0 saturated carbocycles. The Morgan fingerprint density at radius 3 is 2.18 bits per heavy atom. The number of anilines is 1. The number of thioether (sulfide) groups is 1. The molecule has 11 heteroatoms. The van der Waals surface area contributed by atoms with Crippen LogP contribution in [0, 0.1) is 0 Å². The Bertz CT molecular complexity index is 1780.